The number of nitrogens with two attached hydrogens (primary N) is 1. The number of hydrogen-bond acceptors (Lipinski definition) is 2. The number of thioether (sulfide) groups is 1. The summed E-state index contributed by atoms with van der Waals surface area (Å²) in [6, 6.07) is 3.84. The van der Waals surface area contributed by atoms with Crippen LogP contribution in [0.1, 0.15) is 19.8 Å². The van der Waals surface area contributed by atoms with Gasteiger partial charge in [-0.25, -0.2) is 8.78 Å². The molecule has 0 fully saturated rings. The van der Waals surface area contributed by atoms with Gasteiger partial charge in [0.15, 0.2) is 0 Å². The zero-order valence-corrected chi connectivity index (χ0v) is 9.49. The minimum absolute atomic E-state index is 0.184. The number of halogens is 2. The Hall–Kier alpha value is -0.610. The Morgan fingerprint density at radius 3 is 2.73 bits per heavy atom. The number of hydrogen-bond donors (Lipinski definition) is 1. The average Bonchev–Trinajstić information content (AvgIpc) is 2.14. The molecule has 2 N–H and O–H groups in total. The number of benzene rings is 1. The second-order valence-electron chi connectivity index (χ2n) is 3.54. The molecule has 0 aliphatic heterocycles. The van der Waals surface area contributed by atoms with E-state index >= 15 is 0 Å². The molecule has 15 heavy (non-hydrogen) atoms. The molecular formula is C11H15F2NS. The molecule has 84 valence electrons. The molecule has 1 aromatic rings. The molecule has 0 heterocycles. The highest BCUT2D eigenvalue weighted by atomic mass is 32.2. The van der Waals surface area contributed by atoms with Crippen molar-refractivity contribution in [2.75, 3.05) is 5.75 Å². The summed E-state index contributed by atoms with van der Waals surface area (Å²) in [7, 11) is 0. The fourth-order valence-electron chi connectivity index (χ4n) is 1.18. The van der Waals surface area contributed by atoms with Crippen LogP contribution in [0.15, 0.2) is 23.1 Å². The van der Waals surface area contributed by atoms with Crippen LogP contribution in [0.25, 0.3) is 0 Å². The molecule has 0 radical (unpaired) electrons. The topological polar surface area (TPSA) is 26.0 Å². The van der Waals surface area contributed by atoms with E-state index in [0.717, 1.165) is 24.7 Å². The lowest BCUT2D eigenvalue weighted by Gasteiger charge is -2.05. The van der Waals surface area contributed by atoms with Crippen LogP contribution in [-0.2, 0) is 0 Å². The molecule has 0 aliphatic carbocycles. The predicted octanol–water partition coefficient (Wildman–Crippen LogP) is 3.18. The van der Waals surface area contributed by atoms with E-state index in [9.17, 15) is 8.78 Å². The van der Waals surface area contributed by atoms with Crippen LogP contribution < -0.4 is 5.73 Å². The van der Waals surface area contributed by atoms with Gasteiger partial charge in [-0.05, 0) is 37.7 Å². The largest absolute Gasteiger partial charge is 0.328 e. The molecular weight excluding hydrogens is 216 g/mol. The van der Waals surface area contributed by atoms with Gasteiger partial charge in [0.1, 0.15) is 11.6 Å². The molecule has 1 atom stereocenters. The first-order chi connectivity index (χ1) is 7.09. The predicted molar refractivity (Wildman–Crippen MR) is 60.0 cm³/mol. The van der Waals surface area contributed by atoms with Gasteiger partial charge in [0.25, 0.3) is 0 Å². The third kappa shape index (κ3) is 4.62. The second kappa shape index (κ2) is 6.08. The van der Waals surface area contributed by atoms with Crippen molar-refractivity contribution < 1.29 is 8.78 Å². The maximum Gasteiger partial charge on any atom is 0.139 e. The maximum atomic E-state index is 13.2. The Bertz CT molecular complexity index is 315. The highest BCUT2D eigenvalue weighted by Crippen LogP contribution is 2.23. The lowest BCUT2D eigenvalue weighted by atomic mass is 10.2. The lowest BCUT2D eigenvalue weighted by Crippen LogP contribution is -2.14. The average molecular weight is 231 g/mol. The standard InChI is InChI=1S/C11H15F2NS/c1-8(14)3-2-6-15-11-5-4-9(12)7-10(11)13/h4-5,7-8H,2-3,6,14H2,1H3. The van der Waals surface area contributed by atoms with E-state index in [4.69, 9.17) is 5.73 Å². The van der Waals surface area contributed by atoms with Crippen LogP contribution in [0, 0.1) is 11.6 Å². The maximum absolute atomic E-state index is 13.2. The van der Waals surface area contributed by atoms with Crippen LogP contribution in [0.2, 0.25) is 0 Å². The van der Waals surface area contributed by atoms with Crippen molar-refractivity contribution >= 4 is 11.8 Å². The van der Waals surface area contributed by atoms with Crippen molar-refractivity contribution in [2.24, 2.45) is 5.73 Å². The lowest BCUT2D eigenvalue weighted by molar-refractivity contribution is 0.565. The summed E-state index contributed by atoms with van der Waals surface area (Å²) in [5.74, 6) is -0.211. The molecule has 1 aromatic carbocycles. The van der Waals surface area contributed by atoms with Gasteiger partial charge in [-0.3, -0.25) is 0 Å². The molecule has 0 aromatic heterocycles. The summed E-state index contributed by atoms with van der Waals surface area (Å²) >= 11 is 1.40. The van der Waals surface area contributed by atoms with E-state index in [1.165, 1.54) is 23.9 Å². The van der Waals surface area contributed by atoms with Gasteiger partial charge in [-0.1, -0.05) is 0 Å². The van der Waals surface area contributed by atoms with E-state index < -0.39 is 11.6 Å². The first-order valence-corrected chi connectivity index (χ1v) is 5.91. The fourth-order valence-corrected chi connectivity index (χ4v) is 2.07. The van der Waals surface area contributed by atoms with Crippen LogP contribution >= 0.6 is 11.8 Å². The highest BCUT2D eigenvalue weighted by Gasteiger charge is 2.04. The van der Waals surface area contributed by atoms with Crippen molar-refractivity contribution in [3.63, 3.8) is 0 Å². The summed E-state index contributed by atoms with van der Waals surface area (Å²) in [5.41, 5.74) is 5.59. The van der Waals surface area contributed by atoms with E-state index in [-0.39, 0.29) is 6.04 Å². The molecule has 0 saturated heterocycles. The minimum Gasteiger partial charge on any atom is -0.328 e. The summed E-state index contributed by atoms with van der Waals surface area (Å²) in [5, 5.41) is 0. The smallest absolute Gasteiger partial charge is 0.139 e. The van der Waals surface area contributed by atoms with Gasteiger partial charge in [-0.15, -0.1) is 11.8 Å². The fraction of sp³-hybridized carbons (Fsp3) is 0.455. The second-order valence-corrected chi connectivity index (χ2v) is 4.68. The molecule has 0 bridgehead atoms. The first-order valence-electron chi connectivity index (χ1n) is 4.93. The summed E-state index contributed by atoms with van der Waals surface area (Å²) in [6.45, 7) is 1.95. The Morgan fingerprint density at radius 2 is 2.13 bits per heavy atom. The molecule has 1 unspecified atom stereocenters. The Morgan fingerprint density at radius 1 is 1.40 bits per heavy atom. The molecule has 0 spiro atoms. The van der Waals surface area contributed by atoms with Crippen LogP contribution in [0.3, 0.4) is 0 Å². The molecule has 1 nitrogen and oxygen atoms in total. The Kier molecular flexibility index (Phi) is 5.05. The first kappa shape index (κ1) is 12.5. The van der Waals surface area contributed by atoms with Gasteiger partial charge in [0.2, 0.25) is 0 Å². The summed E-state index contributed by atoms with van der Waals surface area (Å²) in [6.07, 6.45) is 1.87. The minimum atomic E-state index is -0.535. The van der Waals surface area contributed by atoms with Gasteiger partial charge < -0.3 is 5.73 Å². The number of rotatable bonds is 5. The summed E-state index contributed by atoms with van der Waals surface area (Å²) < 4.78 is 25.7. The quantitative estimate of drug-likeness (QED) is 0.622. The zero-order chi connectivity index (χ0) is 11.3. The molecule has 0 saturated carbocycles. The van der Waals surface area contributed by atoms with Crippen LogP contribution in [0.4, 0.5) is 8.78 Å². The highest BCUT2D eigenvalue weighted by molar-refractivity contribution is 7.99. The van der Waals surface area contributed by atoms with E-state index in [0.29, 0.717) is 4.90 Å². The molecule has 0 amide bonds. The van der Waals surface area contributed by atoms with Crippen molar-refractivity contribution in [3.8, 4) is 0 Å². The van der Waals surface area contributed by atoms with Gasteiger partial charge in [0, 0.05) is 17.0 Å². The van der Waals surface area contributed by atoms with Crippen molar-refractivity contribution in [2.45, 2.75) is 30.7 Å². The van der Waals surface area contributed by atoms with Crippen molar-refractivity contribution in [1.82, 2.24) is 0 Å². The zero-order valence-electron chi connectivity index (χ0n) is 8.67. The van der Waals surface area contributed by atoms with Crippen LogP contribution in [0.5, 0.6) is 0 Å². The molecule has 1 rings (SSSR count). The summed E-state index contributed by atoms with van der Waals surface area (Å²) in [4.78, 5) is 0.501. The Balaban J connectivity index is 2.37. The van der Waals surface area contributed by atoms with Crippen molar-refractivity contribution in [1.29, 1.82) is 0 Å². The molecule has 0 aliphatic rings. The monoisotopic (exact) mass is 231 g/mol. The Labute approximate surface area is 93.1 Å². The third-order valence-electron chi connectivity index (χ3n) is 1.96. The van der Waals surface area contributed by atoms with Crippen LogP contribution in [-0.4, -0.2) is 11.8 Å². The SMILES string of the molecule is CC(N)CCCSc1ccc(F)cc1F. The van der Waals surface area contributed by atoms with Crippen molar-refractivity contribution in [3.05, 3.63) is 29.8 Å². The van der Waals surface area contributed by atoms with Gasteiger partial charge in [0.05, 0.1) is 0 Å². The normalized spacial score (nSPS) is 12.8. The third-order valence-corrected chi connectivity index (χ3v) is 3.09. The van der Waals surface area contributed by atoms with E-state index in [1.54, 1.807) is 0 Å². The van der Waals surface area contributed by atoms with Gasteiger partial charge in [-0.2, -0.15) is 0 Å². The van der Waals surface area contributed by atoms with Gasteiger partial charge >= 0.3 is 0 Å². The van der Waals surface area contributed by atoms with E-state index in [1.807, 2.05) is 6.92 Å². The molecule has 4 heteroatoms. The van der Waals surface area contributed by atoms with E-state index in [2.05, 4.69) is 0 Å².